The Morgan fingerprint density at radius 3 is 2.96 bits per heavy atom. The summed E-state index contributed by atoms with van der Waals surface area (Å²) in [5.74, 6) is 1.59. The third-order valence-corrected chi connectivity index (χ3v) is 4.68. The van der Waals surface area contributed by atoms with Gasteiger partial charge in [-0.15, -0.1) is 0 Å². The highest BCUT2D eigenvalue weighted by Gasteiger charge is 2.25. The van der Waals surface area contributed by atoms with Crippen LogP contribution in [0, 0.1) is 0 Å². The molecular formula is C18H16BrN3O3. The molecule has 0 bridgehead atoms. The van der Waals surface area contributed by atoms with Crippen molar-refractivity contribution in [3.05, 3.63) is 69.8 Å². The second-order valence-electron chi connectivity index (χ2n) is 5.86. The first-order valence-electron chi connectivity index (χ1n) is 7.96. The minimum absolute atomic E-state index is 0.109. The van der Waals surface area contributed by atoms with E-state index in [1.807, 2.05) is 24.3 Å². The van der Waals surface area contributed by atoms with Crippen LogP contribution in [0.2, 0.25) is 0 Å². The number of carbonyl (C=O) groups excluding carboxylic acids is 1. The van der Waals surface area contributed by atoms with Crippen molar-refractivity contribution >= 4 is 21.8 Å². The molecule has 1 aliphatic heterocycles. The van der Waals surface area contributed by atoms with Gasteiger partial charge in [-0.3, -0.25) is 9.89 Å². The van der Waals surface area contributed by atoms with Gasteiger partial charge in [-0.1, -0.05) is 15.9 Å². The van der Waals surface area contributed by atoms with E-state index in [0.717, 1.165) is 27.9 Å². The fourth-order valence-electron chi connectivity index (χ4n) is 2.81. The van der Waals surface area contributed by atoms with E-state index in [1.54, 1.807) is 23.2 Å². The van der Waals surface area contributed by atoms with E-state index >= 15 is 0 Å². The second-order valence-corrected chi connectivity index (χ2v) is 6.77. The summed E-state index contributed by atoms with van der Waals surface area (Å²) < 4.78 is 12.3. The van der Waals surface area contributed by atoms with Crippen molar-refractivity contribution in [2.75, 3.05) is 6.54 Å². The summed E-state index contributed by atoms with van der Waals surface area (Å²) >= 11 is 3.38. The molecule has 6 nitrogen and oxygen atoms in total. The van der Waals surface area contributed by atoms with Crippen molar-refractivity contribution in [3.8, 4) is 5.75 Å². The van der Waals surface area contributed by atoms with Crippen molar-refractivity contribution in [3.63, 3.8) is 0 Å². The van der Waals surface area contributed by atoms with Gasteiger partial charge in [0.05, 0.1) is 6.20 Å². The van der Waals surface area contributed by atoms with Crippen molar-refractivity contribution in [1.29, 1.82) is 0 Å². The molecule has 2 aromatic heterocycles. The third kappa shape index (κ3) is 3.46. The number of halogens is 1. The van der Waals surface area contributed by atoms with E-state index in [-0.39, 0.29) is 12.5 Å². The smallest absolute Gasteiger partial charge is 0.289 e. The number of H-pyrrole nitrogens is 1. The van der Waals surface area contributed by atoms with Crippen LogP contribution in [0.15, 0.2) is 51.5 Å². The van der Waals surface area contributed by atoms with Crippen LogP contribution in [0.4, 0.5) is 0 Å². The molecule has 128 valence electrons. The van der Waals surface area contributed by atoms with E-state index in [0.29, 0.717) is 24.6 Å². The Kier molecular flexibility index (Phi) is 4.31. The number of aromatic amines is 1. The van der Waals surface area contributed by atoms with E-state index in [9.17, 15) is 4.79 Å². The van der Waals surface area contributed by atoms with Crippen LogP contribution in [0.3, 0.4) is 0 Å². The van der Waals surface area contributed by atoms with Gasteiger partial charge in [-0.05, 0) is 36.4 Å². The zero-order chi connectivity index (χ0) is 17.2. The minimum atomic E-state index is -0.109. The second kappa shape index (κ2) is 6.76. The molecule has 0 spiro atoms. The molecule has 25 heavy (non-hydrogen) atoms. The lowest BCUT2D eigenvalue weighted by atomic mass is 10.1. The van der Waals surface area contributed by atoms with Crippen molar-refractivity contribution in [1.82, 2.24) is 15.1 Å². The normalized spacial score (nSPS) is 13.6. The zero-order valence-electron chi connectivity index (χ0n) is 13.4. The van der Waals surface area contributed by atoms with Crippen molar-refractivity contribution in [2.24, 2.45) is 0 Å². The van der Waals surface area contributed by atoms with Crippen LogP contribution in [0.25, 0.3) is 0 Å². The van der Waals surface area contributed by atoms with Crippen LogP contribution in [0.5, 0.6) is 5.75 Å². The number of ether oxygens (including phenoxy) is 1. The first-order chi connectivity index (χ1) is 12.2. The predicted octanol–water partition coefficient (Wildman–Crippen LogP) is 3.54. The lowest BCUT2D eigenvalue weighted by Crippen LogP contribution is -2.35. The molecule has 3 aromatic rings. The SMILES string of the molecule is O=C(c1ccc(COc2ccc(Br)cc2)o1)N1CCc2[nH]ncc2C1. The standard InChI is InChI=1S/C18H16BrN3O3/c19-13-1-3-14(4-2-13)24-11-15-5-6-17(25-15)18(23)22-8-7-16-12(10-22)9-20-21-16/h1-6,9H,7-8,10-11H2,(H,20,21). The Morgan fingerprint density at radius 1 is 1.28 bits per heavy atom. The van der Waals surface area contributed by atoms with E-state index in [4.69, 9.17) is 9.15 Å². The summed E-state index contributed by atoms with van der Waals surface area (Å²) in [5, 5.41) is 6.99. The molecule has 3 heterocycles. The van der Waals surface area contributed by atoms with E-state index in [2.05, 4.69) is 26.1 Å². The van der Waals surface area contributed by atoms with Crippen LogP contribution in [-0.2, 0) is 19.6 Å². The Morgan fingerprint density at radius 2 is 2.12 bits per heavy atom. The molecule has 1 amide bonds. The molecule has 0 fully saturated rings. The summed E-state index contributed by atoms with van der Waals surface area (Å²) in [4.78, 5) is 14.4. The Labute approximate surface area is 152 Å². The fraction of sp³-hybridized carbons (Fsp3) is 0.222. The molecule has 0 saturated heterocycles. The van der Waals surface area contributed by atoms with Crippen LogP contribution < -0.4 is 4.74 Å². The summed E-state index contributed by atoms with van der Waals surface area (Å²) in [6, 6.07) is 11.0. The number of aromatic nitrogens is 2. The van der Waals surface area contributed by atoms with Gasteiger partial charge in [0.1, 0.15) is 18.1 Å². The van der Waals surface area contributed by atoms with Crippen LogP contribution in [0.1, 0.15) is 27.6 Å². The fourth-order valence-corrected chi connectivity index (χ4v) is 3.07. The predicted molar refractivity (Wildman–Crippen MR) is 94.2 cm³/mol. The Hall–Kier alpha value is -2.54. The van der Waals surface area contributed by atoms with Crippen LogP contribution >= 0.6 is 15.9 Å². The highest BCUT2D eigenvalue weighted by Crippen LogP contribution is 2.21. The van der Waals surface area contributed by atoms with E-state index in [1.165, 1.54) is 0 Å². The summed E-state index contributed by atoms with van der Waals surface area (Å²) in [7, 11) is 0. The first-order valence-corrected chi connectivity index (χ1v) is 8.76. The van der Waals surface area contributed by atoms with Crippen molar-refractivity contribution in [2.45, 2.75) is 19.6 Å². The summed E-state index contributed by atoms with van der Waals surface area (Å²) in [6.45, 7) is 1.48. The number of carbonyl (C=O) groups is 1. The van der Waals surface area contributed by atoms with Gasteiger partial charge < -0.3 is 14.1 Å². The third-order valence-electron chi connectivity index (χ3n) is 4.15. The van der Waals surface area contributed by atoms with Gasteiger partial charge in [-0.25, -0.2) is 0 Å². The molecule has 0 atom stereocenters. The average molecular weight is 402 g/mol. The molecule has 7 heteroatoms. The van der Waals surface area contributed by atoms with Gasteiger partial charge in [0.2, 0.25) is 0 Å². The van der Waals surface area contributed by atoms with Crippen molar-refractivity contribution < 1.29 is 13.9 Å². The number of nitrogens with zero attached hydrogens (tertiary/aromatic N) is 2. The summed E-state index contributed by atoms with van der Waals surface area (Å²) in [6.07, 6.45) is 2.55. The number of amides is 1. The number of nitrogens with one attached hydrogen (secondary N) is 1. The lowest BCUT2D eigenvalue weighted by Gasteiger charge is -2.25. The average Bonchev–Trinajstić information content (AvgIpc) is 3.29. The maximum Gasteiger partial charge on any atom is 0.289 e. The largest absolute Gasteiger partial charge is 0.486 e. The number of hydrogen-bond acceptors (Lipinski definition) is 4. The number of fused-ring (bicyclic) bond motifs is 1. The monoisotopic (exact) mass is 401 g/mol. The summed E-state index contributed by atoms with van der Waals surface area (Å²) in [5.41, 5.74) is 2.16. The topological polar surface area (TPSA) is 71.4 Å². The zero-order valence-corrected chi connectivity index (χ0v) is 15.0. The number of rotatable bonds is 4. The highest BCUT2D eigenvalue weighted by molar-refractivity contribution is 9.10. The number of furan rings is 1. The van der Waals surface area contributed by atoms with Gasteiger partial charge in [0, 0.05) is 35.2 Å². The maximum atomic E-state index is 12.6. The highest BCUT2D eigenvalue weighted by atomic mass is 79.9. The Bertz CT molecular complexity index is 885. The maximum absolute atomic E-state index is 12.6. The quantitative estimate of drug-likeness (QED) is 0.725. The van der Waals surface area contributed by atoms with Gasteiger partial charge >= 0.3 is 0 Å². The molecule has 0 saturated carbocycles. The Balaban J connectivity index is 1.39. The minimum Gasteiger partial charge on any atom is -0.486 e. The first kappa shape index (κ1) is 16.0. The molecule has 0 radical (unpaired) electrons. The lowest BCUT2D eigenvalue weighted by molar-refractivity contribution is 0.0698. The van der Waals surface area contributed by atoms with Gasteiger partial charge in [-0.2, -0.15) is 5.10 Å². The molecule has 0 unspecified atom stereocenters. The van der Waals surface area contributed by atoms with E-state index < -0.39 is 0 Å². The molecule has 1 aromatic carbocycles. The number of benzene rings is 1. The van der Waals surface area contributed by atoms with Gasteiger partial charge in [0.15, 0.2) is 5.76 Å². The molecular weight excluding hydrogens is 386 g/mol. The molecule has 0 aliphatic carbocycles. The van der Waals surface area contributed by atoms with Gasteiger partial charge in [0.25, 0.3) is 5.91 Å². The molecule has 1 aliphatic rings. The van der Waals surface area contributed by atoms with Crippen LogP contribution in [-0.4, -0.2) is 27.5 Å². The number of hydrogen-bond donors (Lipinski definition) is 1. The molecule has 1 N–H and O–H groups in total. The molecule has 4 rings (SSSR count).